The van der Waals surface area contributed by atoms with Gasteiger partial charge in [0.05, 0.1) is 23.5 Å². The number of aromatic nitrogens is 4. The Morgan fingerprint density at radius 1 is 1.24 bits per heavy atom. The van der Waals surface area contributed by atoms with Crippen LogP contribution in [0.3, 0.4) is 0 Å². The van der Waals surface area contributed by atoms with Crippen molar-refractivity contribution in [3.63, 3.8) is 0 Å². The van der Waals surface area contributed by atoms with Crippen LogP contribution >= 0.6 is 0 Å². The Balaban J connectivity index is 1.69. The molecule has 1 aromatic carbocycles. The molecule has 1 aliphatic rings. The summed E-state index contributed by atoms with van der Waals surface area (Å²) in [4.78, 5) is 6.47. The summed E-state index contributed by atoms with van der Waals surface area (Å²) in [6.07, 6.45) is 2.13. The summed E-state index contributed by atoms with van der Waals surface area (Å²) in [7, 11) is 2.04. The number of fused-ring (bicyclic) bond motifs is 2. The second-order valence-electron chi connectivity index (χ2n) is 7.44. The lowest BCUT2D eigenvalue weighted by atomic mass is 10.0. The minimum Gasteiger partial charge on any atom is -0.506 e. The van der Waals surface area contributed by atoms with Gasteiger partial charge in [0.2, 0.25) is 0 Å². The molecular formula is C20H19F2N5O2. The molecule has 4 heterocycles. The molecule has 0 aliphatic carbocycles. The zero-order valence-electron chi connectivity index (χ0n) is 15.7. The fourth-order valence-corrected chi connectivity index (χ4v) is 4.17. The number of likely N-dealkylation sites (N-methyl/N-ethyl adjacent to an activating group) is 1. The molecule has 3 aromatic heterocycles. The molecule has 0 bridgehead atoms. The van der Waals surface area contributed by atoms with E-state index in [4.69, 9.17) is 4.42 Å². The number of phenolic OH excluding ortho intramolecular Hbond substituents is 1. The van der Waals surface area contributed by atoms with Crippen LogP contribution in [0.25, 0.3) is 33.4 Å². The number of piperidine rings is 1. The number of likely N-dealkylation sites (tertiary alicyclic amines) is 1. The Morgan fingerprint density at radius 2 is 2.10 bits per heavy atom. The van der Waals surface area contributed by atoms with Crippen LogP contribution in [0.4, 0.5) is 8.78 Å². The minimum atomic E-state index is -2.82. The first-order chi connectivity index (χ1) is 14.0. The molecule has 7 nitrogen and oxygen atoms in total. The van der Waals surface area contributed by atoms with Gasteiger partial charge in [0.25, 0.3) is 6.43 Å². The third kappa shape index (κ3) is 2.84. The van der Waals surface area contributed by atoms with E-state index in [-0.39, 0.29) is 34.1 Å². The van der Waals surface area contributed by atoms with E-state index in [1.807, 2.05) is 11.6 Å². The van der Waals surface area contributed by atoms with Gasteiger partial charge in [-0.3, -0.25) is 0 Å². The zero-order chi connectivity index (χ0) is 20.1. The van der Waals surface area contributed by atoms with Gasteiger partial charge in [-0.2, -0.15) is 0 Å². The topological polar surface area (TPSA) is 80.2 Å². The number of aromatic hydroxyl groups is 1. The van der Waals surface area contributed by atoms with Gasteiger partial charge in [-0.05, 0) is 44.6 Å². The van der Waals surface area contributed by atoms with E-state index in [0.29, 0.717) is 16.6 Å². The number of benzene rings is 1. The molecule has 0 saturated carbocycles. The van der Waals surface area contributed by atoms with Crippen LogP contribution in [0.15, 0.2) is 35.2 Å². The van der Waals surface area contributed by atoms with Gasteiger partial charge in [0.1, 0.15) is 22.5 Å². The fourth-order valence-electron chi connectivity index (χ4n) is 4.17. The van der Waals surface area contributed by atoms with Crippen molar-refractivity contribution < 1.29 is 18.3 Å². The Bertz CT molecular complexity index is 1200. The molecule has 0 spiro atoms. The first-order valence-corrected chi connectivity index (χ1v) is 9.44. The van der Waals surface area contributed by atoms with Crippen molar-refractivity contribution in [2.75, 3.05) is 20.1 Å². The molecule has 4 aromatic rings. The van der Waals surface area contributed by atoms with Gasteiger partial charge in [-0.15, -0.1) is 10.2 Å². The molecule has 0 unspecified atom stereocenters. The van der Waals surface area contributed by atoms with Crippen LogP contribution < -0.4 is 0 Å². The molecule has 1 atom stereocenters. The second kappa shape index (κ2) is 6.77. The van der Waals surface area contributed by atoms with Crippen LogP contribution in [0, 0.1) is 0 Å². The standard InChI is InChI=1S/C20H19F2N5O2/c1-26-7-2-3-11(9-26)27-10-23-17-15(19(21)22)16(24-25-20(17)27)13-4-5-14-12(18(13)28)6-8-29-14/h4-6,8,10-11,19,28H,2-3,7,9H2,1H3/t11-/m1/s1. The number of rotatable bonds is 3. The predicted molar refractivity (Wildman–Crippen MR) is 103 cm³/mol. The van der Waals surface area contributed by atoms with Gasteiger partial charge in [-0.1, -0.05) is 0 Å². The number of alkyl halides is 2. The average Bonchev–Trinajstić information content (AvgIpc) is 3.34. The van der Waals surface area contributed by atoms with Crippen molar-refractivity contribution in [3.8, 4) is 17.0 Å². The van der Waals surface area contributed by atoms with E-state index in [1.54, 1.807) is 18.5 Å². The highest BCUT2D eigenvalue weighted by molar-refractivity contribution is 5.93. The summed E-state index contributed by atoms with van der Waals surface area (Å²) in [6.45, 7) is 1.81. The highest BCUT2D eigenvalue weighted by atomic mass is 19.3. The van der Waals surface area contributed by atoms with Crippen molar-refractivity contribution in [1.82, 2.24) is 24.6 Å². The van der Waals surface area contributed by atoms with E-state index in [1.165, 1.54) is 12.3 Å². The van der Waals surface area contributed by atoms with Crippen LogP contribution in [0.2, 0.25) is 0 Å². The largest absolute Gasteiger partial charge is 0.506 e. The lowest BCUT2D eigenvalue weighted by molar-refractivity contribution is 0.153. The second-order valence-corrected chi connectivity index (χ2v) is 7.44. The van der Waals surface area contributed by atoms with Crippen LogP contribution in [0.5, 0.6) is 5.75 Å². The van der Waals surface area contributed by atoms with Gasteiger partial charge in [0.15, 0.2) is 5.65 Å². The highest BCUT2D eigenvalue weighted by Gasteiger charge is 2.28. The van der Waals surface area contributed by atoms with Gasteiger partial charge in [0, 0.05) is 18.2 Å². The Kier molecular flexibility index (Phi) is 4.20. The maximum absolute atomic E-state index is 14.1. The maximum atomic E-state index is 14.1. The molecule has 9 heteroatoms. The number of furan rings is 1. The van der Waals surface area contributed by atoms with Crippen LogP contribution in [0.1, 0.15) is 30.9 Å². The SMILES string of the molecule is CN1CCC[C@@H](n2cnc3c(C(F)F)c(-c4ccc5occc5c4O)nnc32)C1. The molecule has 1 N–H and O–H groups in total. The van der Waals surface area contributed by atoms with Gasteiger partial charge >= 0.3 is 0 Å². The van der Waals surface area contributed by atoms with Crippen LogP contribution in [-0.2, 0) is 0 Å². The van der Waals surface area contributed by atoms with Crippen LogP contribution in [-0.4, -0.2) is 49.9 Å². The first-order valence-electron chi connectivity index (χ1n) is 9.44. The molecule has 5 rings (SSSR count). The number of hydrogen-bond donors (Lipinski definition) is 1. The summed E-state index contributed by atoms with van der Waals surface area (Å²) in [5, 5.41) is 19.4. The Morgan fingerprint density at radius 3 is 2.90 bits per heavy atom. The number of halogens is 2. The van der Waals surface area contributed by atoms with Gasteiger partial charge in [-0.25, -0.2) is 13.8 Å². The molecule has 1 saturated heterocycles. The van der Waals surface area contributed by atoms with Crippen molar-refractivity contribution in [2.45, 2.75) is 25.3 Å². The normalized spacial score (nSPS) is 18.3. The maximum Gasteiger partial charge on any atom is 0.268 e. The van der Waals surface area contributed by atoms with E-state index in [9.17, 15) is 13.9 Å². The Hall–Kier alpha value is -3.07. The molecule has 0 amide bonds. The monoisotopic (exact) mass is 399 g/mol. The lowest BCUT2D eigenvalue weighted by Crippen LogP contribution is -2.33. The van der Waals surface area contributed by atoms with Crippen molar-refractivity contribution in [2.24, 2.45) is 0 Å². The highest BCUT2D eigenvalue weighted by Crippen LogP contribution is 2.41. The molecule has 1 fully saturated rings. The van der Waals surface area contributed by atoms with Crippen molar-refractivity contribution >= 4 is 22.1 Å². The third-order valence-electron chi connectivity index (χ3n) is 5.60. The van der Waals surface area contributed by atoms with E-state index < -0.39 is 6.43 Å². The molecule has 0 radical (unpaired) electrons. The Labute approximate surface area is 164 Å². The number of nitrogens with zero attached hydrogens (tertiary/aromatic N) is 5. The lowest BCUT2D eigenvalue weighted by Gasteiger charge is -2.30. The minimum absolute atomic E-state index is 0.0703. The molecule has 29 heavy (non-hydrogen) atoms. The quantitative estimate of drug-likeness (QED) is 0.558. The third-order valence-corrected chi connectivity index (χ3v) is 5.60. The molecular weight excluding hydrogens is 380 g/mol. The summed E-state index contributed by atoms with van der Waals surface area (Å²) in [5.41, 5.74) is 0.702. The van der Waals surface area contributed by atoms with E-state index in [2.05, 4.69) is 20.1 Å². The molecule has 1 aliphatic heterocycles. The predicted octanol–water partition coefficient (Wildman–Crippen LogP) is 4.15. The smallest absolute Gasteiger partial charge is 0.268 e. The summed E-state index contributed by atoms with van der Waals surface area (Å²) in [6, 6.07) is 4.81. The van der Waals surface area contributed by atoms with Crippen molar-refractivity contribution in [3.05, 3.63) is 36.4 Å². The van der Waals surface area contributed by atoms with Gasteiger partial charge < -0.3 is 19.0 Å². The fraction of sp³-hybridized carbons (Fsp3) is 0.350. The van der Waals surface area contributed by atoms with Crippen molar-refractivity contribution in [1.29, 1.82) is 0 Å². The summed E-state index contributed by atoms with van der Waals surface area (Å²) < 4.78 is 35.3. The zero-order valence-corrected chi connectivity index (χ0v) is 15.7. The number of hydrogen-bond acceptors (Lipinski definition) is 6. The summed E-state index contributed by atoms with van der Waals surface area (Å²) in [5.74, 6) is -0.167. The van der Waals surface area contributed by atoms with E-state index >= 15 is 0 Å². The number of imidazole rings is 1. The summed E-state index contributed by atoms with van der Waals surface area (Å²) >= 11 is 0. The van der Waals surface area contributed by atoms with E-state index in [0.717, 1.165) is 25.9 Å². The number of phenols is 1. The average molecular weight is 399 g/mol. The first kappa shape index (κ1) is 18.0. The molecule has 150 valence electrons.